The van der Waals surface area contributed by atoms with Crippen molar-refractivity contribution in [3.63, 3.8) is 0 Å². The smallest absolute Gasteiger partial charge is 0.109 e. The van der Waals surface area contributed by atoms with Crippen LogP contribution in [-0.4, -0.2) is 34.4 Å². The predicted molar refractivity (Wildman–Crippen MR) is 70.4 cm³/mol. The van der Waals surface area contributed by atoms with Gasteiger partial charge >= 0.3 is 0 Å². The highest BCUT2D eigenvalue weighted by atomic mass is 16.3. The van der Waals surface area contributed by atoms with Crippen molar-refractivity contribution in [3.05, 3.63) is 17.7 Å². The van der Waals surface area contributed by atoms with E-state index in [0.29, 0.717) is 12.5 Å². The van der Waals surface area contributed by atoms with Gasteiger partial charge in [0.15, 0.2) is 0 Å². The number of aromatic nitrogens is 2. The molecule has 1 aromatic heterocycles. The predicted octanol–water partition coefficient (Wildman–Crippen LogP) is 0.980. The second-order valence-corrected chi connectivity index (χ2v) is 5.76. The first-order valence-electron chi connectivity index (χ1n) is 7.21. The molecule has 0 aromatic carbocycles. The van der Waals surface area contributed by atoms with Crippen LogP contribution in [0.5, 0.6) is 0 Å². The topological polar surface area (TPSA) is 50.1 Å². The third kappa shape index (κ3) is 2.45. The van der Waals surface area contributed by atoms with Gasteiger partial charge < -0.3 is 15.0 Å². The van der Waals surface area contributed by atoms with Crippen molar-refractivity contribution in [2.24, 2.45) is 11.8 Å². The van der Waals surface area contributed by atoms with Gasteiger partial charge in [-0.25, -0.2) is 4.98 Å². The molecular formula is C14H23N3O. The molecule has 1 saturated heterocycles. The van der Waals surface area contributed by atoms with Crippen molar-refractivity contribution >= 4 is 0 Å². The summed E-state index contributed by atoms with van der Waals surface area (Å²) in [7, 11) is 0. The van der Waals surface area contributed by atoms with E-state index in [4.69, 9.17) is 0 Å². The Kier molecular flexibility index (Phi) is 3.66. The maximum atomic E-state index is 9.32. The van der Waals surface area contributed by atoms with Crippen molar-refractivity contribution < 1.29 is 5.11 Å². The minimum atomic E-state index is 0.310. The first-order chi connectivity index (χ1) is 8.86. The fourth-order valence-corrected chi connectivity index (χ4v) is 3.23. The van der Waals surface area contributed by atoms with E-state index in [-0.39, 0.29) is 0 Å². The van der Waals surface area contributed by atoms with E-state index in [0.717, 1.165) is 44.8 Å². The minimum Gasteiger partial charge on any atom is -0.396 e. The molecular weight excluding hydrogens is 226 g/mol. The summed E-state index contributed by atoms with van der Waals surface area (Å²) in [5.41, 5.74) is 1.36. The fourth-order valence-electron chi connectivity index (χ4n) is 3.23. The Labute approximate surface area is 108 Å². The number of aliphatic hydroxyl groups is 1. The molecule has 0 spiro atoms. The van der Waals surface area contributed by atoms with Crippen LogP contribution in [0.4, 0.5) is 0 Å². The van der Waals surface area contributed by atoms with Gasteiger partial charge in [-0.05, 0) is 44.7 Å². The van der Waals surface area contributed by atoms with Crippen molar-refractivity contribution in [1.82, 2.24) is 14.9 Å². The van der Waals surface area contributed by atoms with Crippen molar-refractivity contribution in [1.29, 1.82) is 0 Å². The average molecular weight is 249 g/mol. The summed E-state index contributed by atoms with van der Waals surface area (Å²) in [4.78, 5) is 4.62. The molecule has 0 bridgehead atoms. The molecule has 4 heteroatoms. The quantitative estimate of drug-likeness (QED) is 0.839. The van der Waals surface area contributed by atoms with Gasteiger partial charge in [-0.1, -0.05) is 0 Å². The number of hydrogen-bond acceptors (Lipinski definition) is 3. The summed E-state index contributed by atoms with van der Waals surface area (Å²) >= 11 is 0. The number of aliphatic hydroxyl groups excluding tert-OH is 1. The zero-order valence-electron chi connectivity index (χ0n) is 10.9. The van der Waals surface area contributed by atoms with E-state index < -0.39 is 0 Å². The molecule has 18 heavy (non-hydrogen) atoms. The zero-order valence-corrected chi connectivity index (χ0v) is 10.9. The van der Waals surface area contributed by atoms with Crippen molar-refractivity contribution in [3.8, 4) is 0 Å². The molecule has 0 radical (unpaired) electrons. The third-order valence-corrected chi connectivity index (χ3v) is 4.46. The molecule has 1 atom stereocenters. The van der Waals surface area contributed by atoms with Crippen LogP contribution < -0.4 is 5.32 Å². The minimum absolute atomic E-state index is 0.310. The van der Waals surface area contributed by atoms with E-state index in [1.54, 1.807) is 0 Å². The summed E-state index contributed by atoms with van der Waals surface area (Å²) in [6, 6.07) is 0. The summed E-state index contributed by atoms with van der Waals surface area (Å²) in [5, 5.41) is 12.7. The molecule has 100 valence electrons. The van der Waals surface area contributed by atoms with Crippen LogP contribution in [-0.2, 0) is 19.4 Å². The Bertz CT molecular complexity index is 396. The summed E-state index contributed by atoms with van der Waals surface area (Å²) < 4.78 is 2.37. The monoisotopic (exact) mass is 249 g/mol. The van der Waals surface area contributed by atoms with Crippen LogP contribution >= 0.6 is 0 Å². The van der Waals surface area contributed by atoms with Gasteiger partial charge in [0.1, 0.15) is 5.82 Å². The standard InChI is InChI=1S/C14H23N3O/c18-10-12-1-2-13-8-16-14(17(13)9-12)7-11-3-5-15-6-4-11/h8,11-12,15,18H,1-7,9-10H2. The maximum Gasteiger partial charge on any atom is 0.109 e. The lowest BCUT2D eigenvalue weighted by atomic mass is 9.93. The molecule has 3 rings (SSSR count). The number of imidazole rings is 1. The van der Waals surface area contributed by atoms with Gasteiger partial charge in [-0.15, -0.1) is 0 Å². The summed E-state index contributed by atoms with van der Waals surface area (Å²) in [6.07, 6.45) is 7.88. The summed E-state index contributed by atoms with van der Waals surface area (Å²) in [6.45, 7) is 3.57. The lowest BCUT2D eigenvalue weighted by Crippen LogP contribution is -2.30. The van der Waals surface area contributed by atoms with E-state index in [1.807, 2.05) is 6.20 Å². The second kappa shape index (κ2) is 5.41. The van der Waals surface area contributed by atoms with Gasteiger partial charge in [0.25, 0.3) is 0 Å². The molecule has 4 nitrogen and oxygen atoms in total. The van der Waals surface area contributed by atoms with Crippen LogP contribution in [0.2, 0.25) is 0 Å². The number of nitrogens with zero attached hydrogens (tertiary/aromatic N) is 2. The Hall–Kier alpha value is -0.870. The Morgan fingerprint density at radius 1 is 1.28 bits per heavy atom. The number of rotatable bonds is 3. The van der Waals surface area contributed by atoms with E-state index in [9.17, 15) is 5.11 Å². The van der Waals surface area contributed by atoms with E-state index in [1.165, 1.54) is 24.4 Å². The third-order valence-electron chi connectivity index (χ3n) is 4.46. The van der Waals surface area contributed by atoms with Crippen molar-refractivity contribution in [2.45, 2.75) is 38.6 Å². The highest BCUT2D eigenvalue weighted by Gasteiger charge is 2.23. The van der Waals surface area contributed by atoms with Gasteiger partial charge in [-0.2, -0.15) is 0 Å². The molecule has 2 aliphatic heterocycles. The molecule has 2 aliphatic rings. The average Bonchev–Trinajstić information content (AvgIpc) is 2.82. The van der Waals surface area contributed by atoms with E-state index in [2.05, 4.69) is 14.9 Å². The van der Waals surface area contributed by atoms with Gasteiger partial charge in [0.05, 0.1) is 0 Å². The molecule has 1 unspecified atom stereocenters. The largest absolute Gasteiger partial charge is 0.396 e. The SMILES string of the molecule is OCC1CCc2cnc(CC3CCNCC3)n2C1. The number of hydrogen-bond donors (Lipinski definition) is 2. The van der Waals surface area contributed by atoms with E-state index >= 15 is 0 Å². The Balaban J connectivity index is 1.71. The lowest BCUT2D eigenvalue weighted by Gasteiger charge is -2.26. The molecule has 1 fully saturated rings. The van der Waals surface area contributed by atoms with Crippen LogP contribution in [0.3, 0.4) is 0 Å². The van der Waals surface area contributed by atoms with Gasteiger partial charge in [-0.3, -0.25) is 0 Å². The Morgan fingerprint density at radius 3 is 2.89 bits per heavy atom. The highest BCUT2D eigenvalue weighted by molar-refractivity contribution is 5.09. The molecule has 3 heterocycles. The maximum absolute atomic E-state index is 9.32. The molecule has 0 amide bonds. The molecule has 0 saturated carbocycles. The lowest BCUT2D eigenvalue weighted by molar-refractivity contribution is 0.189. The number of fused-ring (bicyclic) bond motifs is 1. The number of nitrogens with one attached hydrogen (secondary N) is 1. The molecule has 2 N–H and O–H groups in total. The summed E-state index contributed by atoms with van der Waals surface area (Å²) in [5.74, 6) is 2.46. The number of piperidine rings is 1. The van der Waals surface area contributed by atoms with Gasteiger partial charge in [0, 0.05) is 37.4 Å². The van der Waals surface area contributed by atoms with Crippen LogP contribution in [0.15, 0.2) is 6.20 Å². The molecule has 0 aliphatic carbocycles. The van der Waals surface area contributed by atoms with Gasteiger partial charge in [0.2, 0.25) is 0 Å². The fraction of sp³-hybridized carbons (Fsp3) is 0.786. The second-order valence-electron chi connectivity index (χ2n) is 5.76. The first kappa shape index (κ1) is 12.2. The number of aryl methyl sites for hydroxylation is 1. The normalized spacial score (nSPS) is 25.1. The molecule has 1 aromatic rings. The van der Waals surface area contributed by atoms with Crippen LogP contribution in [0.1, 0.15) is 30.8 Å². The van der Waals surface area contributed by atoms with Crippen LogP contribution in [0.25, 0.3) is 0 Å². The first-order valence-corrected chi connectivity index (χ1v) is 7.21. The van der Waals surface area contributed by atoms with Crippen LogP contribution in [0, 0.1) is 11.8 Å². The van der Waals surface area contributed by atoms with Crippen molar-refractivity contribution in [2.75, 3.05) is 19.7 Å². The highest BCUT2D eigenvalue weighted by Crippen LogP contribution is 2.24. The zero-order chi connectivity index (χ0) is 12.4. The Morgan fingerprint density at radius 2 is 2.11 bits per heavy atom.